The van der Waals surface area contributed by atoms with Crippen LogP contribution in [0.25, 0.3) is 0 Å². The van der Waals surface area contributed by atoms with Crippen LogP contribution in [-0.4, -0.2) is 23.9 Å². The lowest BCUT2D eigenvalue weighted by Gasteiger charge is -2.13. The van der Waals surface area contributed by atoms with Gasteiger partial charge in [-0.2, -0.15) is 0 Å². The minimum absolute atomic E-state index is 0.250. The van der Waals surface area contributed by atoms with Crippen LogP contribution in [0.5, 0.6) is 0 Å². The van der Waals surface area contributed by atoms with Gasteiger partial charge in [-0.25, -0.2) is 0 Å². The maximum atomic E-state index is 9.74. The Labute approximate surface area is 83.7 Å². The summed E-state index contributed by atoms with van der Waals surface area (Å²) in [4.78, 5) is 0. The van der Waals surface area contributed by atoms with Gasteiger partial charge < -0.3 is 14.3 Å². The number of furan rings is 1. The van der Waals surface area contributed by atoms with E-state index in [1.165, 1.54) is 0 Å². The van der Waals surface area contributed by atoms with E-state index in [2.05, 4.69) is 0 Å². The molecule has 1 aliphatic heterocycles. The molecule has 2 unspecified atom stereocenters. The zero-order valence-corrected chi connectivity index (χ0v) is 8.19. The number of rotatable bonds is 4. The molecule has 2 atom stereocenters. The second-order valence-electron chi connectivity index (χ2n) is 3.81. The monoisotopic (exact) mass is 196 g/mol. The van der Waals surface area contributed by atoms with Crippen molar-refractivity contribution in [1.29, 1.82) is 0 Å². The van der Waals surface area contributed by atoms with Gasteiger partial charge in [0.2, 0.25) is 0 Å². The molecule has 0 bridgehead atoms. The maximum absolute atomic E-state index is 9.74. The van der Waals surface area contributed by atoms with Gasteiger partial charge in [0.15, 0.2) is 0 Å². The first-order valence-electron chi connectivity index (χ1n) is 5.16. The number of hydrogen-bond acceptors (Lipinski definition) is 3. The van der Waals surface area contributed by atoms with Gasteiger partial charge in [0, 0.05) is 13.0 Å². The van der Waals surface area contributed by atoms with Gasteiger partial charge in [0.1, 0.15) is 5.76 Å². The van der Waals surface area contributed by atoms with E-state index in [9.17, 15) is 5.11 Å². The number of aliphatic hydroxyl groups excluding tert-OH is 1. The third-order valence-electron chi connectivity index (χ3n) is 2.58. The number of ether oxygens (including phenoxy) is 1. The summed E-state index contributed by atoms with van der Waals surface area (Å²) >= 11 is 0. The van der Waals surface area contributed by atoms with E-state index in [-0.39, 0.29) is 12.2 Å². The normalized spacial score (nSPS) is 23.9. The van der Waals surface area contributed by atoms with Crippen molar-refractivity contribution >= 4 is 0 Å². The molecular formula is C11H16O3. The van der Waals surface area contributed by atoms with Crippen molar-refractivity contribution in [2.75, 3.05) is 6.61 Å². The van der Waals surface area contributed by atoms with Crippen molar-refractivity contribution in [2.24, 2.45) is 0 Å². The van der Waals surface area contributed by atoms with Crippen molar-refractivity contribution in [3.63, 3.8) is 0 Å². The zero-order chi connectivity index (χ0) is 9.80. The van der Waals surface area contributed by atoms with E-state index >= 15 is 0 Å². The summed E-state index contributed by atoms with van der Waals surface area (Å²) in [5, 5.41) is 9.74. The third kappa shape index (κ3) is 2.59. The summed E-state index contributed by atoms with van der Waals surface area (Å²) in [6, 6.07) is 3.73. The van der Waals surface area contributed by atoms with E-state index in [0.29, 0.717) is 6.42 Å². The summed E-state index contributed by atoms with van der Waals surface area (Å²) in [5.74, 6) is 0.843. The predicted molar refractivity (Wildman–Crippen MR) is 52.0 cm³/mol. The zero-order valence-electron chi connectivity index (χ0n) is 8.19. The first-order chi connectivity index (χ1) is 6.84. The van der Waals surface area contributed by atoms with Gasteiger partial charge in [-0.15, -0.1) is 0 Å². The minimum Gasteiger partial charge on any atom is -0.469 e. The summed E-state index contributed by atoms with van der Waals surface area (Å²) in [6.07, 6.45) is 5.05. The van der Waals surface area contributed by atoms with Crippen LogP contribution in [0.4, 0.5) is 0 Å². The van der Waals surface area contributed by atoms with Crippen molar-refractivity contribution in [2.45, 2.75) is 37.9 Å². The summed E-state index contributed by atoms with van der Waals surface area (Å²) < 4.78 is 10.6. The largest absolute Gasteiger partial charge is 0.469 e. The van der Waals surface area contributed by atoms with E-state index in [4.69, 9.17) is 9.15 Å². The van der Waals surface area contributed by atoms with Crippen LogP contribution < -0.4 is 0 Å². The Balaban J connectivity index is 1.75. The lowest BCUT2D eigenvalue weighted by atomic mass is 10.1. The molecular weight excluding hydrogens is 180 g/mol. The first-order valence-corrected chi connectivity index (χ1v) is 5.16. The van der Waals surface area contributed by atoms with Crippen LogP contribution in [0.15, 0.2) is 22.8 Å². The highest BCUT2D eigenvalue weighted by Gasteiger charge is 2.19. The Morgan fingerprint density at radius 2 is 2.50 bits per heavy atom. The molecule has 2 rings (SSSR count). The van der Waals surface area contributed by atoms with Crippen molar-refractivity contribution in [3.05, 3.63) is 24.2 Å². The number of hydrogen-bond donors (Lipinski definition) is 1. The van der Waals surface area contributed by atoms with Gasteiger partial charge in [-0.05, 0) is 31.4 Å². The molecule has 3 heteroatoms. The second-order valence-corrected chi connectivity index (χ2v) is 3.81. The van der Waals surface area contributed by atoms with E-state index < -0.39 is 0 Å². The molecule has 1 fully saturated rings. The second kappa shape index (κ2) is 4.62. The van der Waals surface area contributed by atoms with Crippen LogP contribution in [0.1, 0.15) is 25.0 Å². The van der Waals surface area contributed by atoms with Gasteiger partial charge >= 0.3 is 0 Å². The summed E-state index contributed by atoms with van der Waals surface area (Å²) in [6.45, 7) is 0.845. The van der Waals surface area contributed by atoms with Gasteiger partial charge in [-0.1, -0.05) is 0 Å². The van der Waals surface area contributed by atoms with Crippen LogP contribution in [0.2, 0.25) is 0 Å². The highest BCUT2D eigenvalue weighted by Crippen LogP contribution is 2.18. The Morgan fingerprint density at radius 3 is 3.14 bits per heavy atom. The Hall–Kier alpha value is -0.800. The van der Waals surface area contributed by atoms with Crippen LogP contribution in [0, 0.1) is 0 Å². The Kier molecular flexibility index (Phi) is 3.22. The molecule has 3 nitrogen and oxygen atoms in total. The highest BCUT2D eigenvalue weighted by molar-refractivity contribution is 4.99. The van der Waals surface area contributed by atoms with Crippen molar-refractivity contribution < 1.29 is 14.3 Å². The standard InChI is InChI=1S/C11H16O3/c12-9(7-10-3-1-5-13-10)8-11-4-2-6-14-11/h1,3,5,9,11-12H,2,4,6-8H2. The van der Waals surface area contributed by atoms with Crippen LogP contribution >= 0.6 is 0 Å². The van der Waals surface area contributed by atoms with Crippen LogP contribution in [-0.2, 0) is 11.2 Å². The Bertz CT molecular complexity index is 250. The smallest absolute Gasteiger partial charge is 0.106 e. The van der Waals surface area contributed by atoms with Crippen molar-refractivity contribution in [1.82, 2.24) is 0 Å². The molecule has 2 heterocycles. The molecule has 0 spiro atoms. The molecule has 0 radical (unpaired) electrons. The quantitative estimate of drug-likeness (QED) is 0.797. The topological polar surface area (TPSA) is 42.6 Å². The molecule has 78 valence electrons. The number of aliphatic hydroxyl groups is 1. The lowest BCUT2D eigenvalue weighted by molar-refractivity contribution is 0.0522. The molecule has 0 saturated carbocycles. The Morgan fingerprint density at radius 1 is 1.57 bits per heavy atom. The average molecular weight is 196 g/mol. The molecule has 1 saturated heterocycles. The molecule has 1 N–H and O–H groups in total. The molecule has 0 aromatic carbocycles. The van der Waals surface area contributed by atoms with Crippen LogP contribution in [0.3, 0.4) is 0 Å². The van der Waals surface area contributed by atoms with E-state index in [1.54, 1.807) is 6.26 Å². The fourth-order valence-electron chi connectivity index (χ4n) is 1.88. The molecule has 0 aliphatic carbocycles. The first kappa shape index (κ1) is 9.74. The van der Waals surface area contributed by atoms with Gasteiger partial charge in [0.25, 0.3) is 0 Å². The predicted octanol–water partition coefficient (Wildman–Crippen LogP) is 1.75. The SMILES string of the molecule is OC(Cc1ccco1)CC1CCCO1. The van der Waals surface area contributed by atoms with Crippen molar-refractivity contribution in [3.8, 4) is 0 Å². The fraction of sp³-hybridized carbons (Fsp3) is 0.636. The average Bonchev–Trinajstić information content (AvgIpc) is 2.76. The summed E-state index contributed by atoms with van der Waals surface area (Å²) in [5.41, 5.74) is 0. The van der Waals surface area contributed by atoms with E-state index in [1.807, 2.05) is 12.1 Å². The molecule has 1 aromatic rings. The van der Waals surface area contributed by atoms with Gasteiger partial charge in [0.05, 0.1) is 18.5 Å². The third-order valence-corrected chi connectivity index (χ3v) is 2.58. The minimum atomic E-state index is -0.343. The summed E-state index contributed by atoms with van der Waals surface area (Å²) in [7, 11) is 0. The van der Waals surface area contributed by atoms with E-state index in [0.717, 1.165) is 31.6 Å². The molecule has 14 heavy (non-hydrogen) atoms. The molecule has 1 aromatic heterocycles. The lowest BCUT2D eigenvalue weighted by Crippen LogP contribution is -2.18. The molecule has 1 aliphatic rings. The molecule has 0 amide bonds. The van der Waals surface area contributed by atoms with Gasteiger partial charge in [-0.3, -0.25) is 0 Å². The highest BCUT2D eigenvalue weighted by atomic mass is 16.5. The fourth-order valence-corrected chi connectivity index (χ4v) is 1.88. The maximum Gasteiger partial charge on any atom is 0.106 e.